The monoisotopic (exact) mass is 313 g/mol. The Labute approximate surface area is 132 Å². The van der Waals surface area contributed by atoms with Gasteiger partial charge < -0.3 is 8.94 Å². The molecule has 22 heavy (non-hydrogen) atoms. The molecule has 0 spiro atoms. The summed E-state index contributed by atoms with van der Waals surface area (Å²) in [5.41, 5.74) is 1.58. The minimum absolute atomic E-state index is 0.417. The minimum atomic E-state index is 0.417. The fraction of sp³-hybridized carbons (Fsp3) is 0.188. The first-order valence-corrected chi connectivity index (χ1v) is 7.07. The zero-order valence-corrected chi connectivity index (χ0v) is 12.4. The van der Waals surface area contributed by atoms with Gasteiger partial charge in [0.25, 0.3) is 0 Å². The van der Waals surface area contributed by atoms with Gasteiger partial charge in [0.1, 0.15) is 6.26 Å². The molecule has 0 saturated carbocycles. The van der Waals surface area contributed by atoms with Gasteiger partial charge >= 0.3 is 0 Å². The molecule has 0 unspecified atom stereocenters. The Hall–Kier alpha value is -2.58. The number of aryl methyl sites for hydroxylation is 1. The van der Waals surface area contributed by atoms with E-state index in [2.05, 4.69) is 21.0 Å². The van der Waals surface area contributed by atoms with Crippen LogP contribution in [0, 0.1) is 12.3 Å². The number of aromatic nitrogens is 3. The first kappa shape index (κ1) is 14.4. The van der Waals surface area contributed by atoms with Crippen molar-refractivity contribution in [3.8, 4) is 23.8 Å². The van der Waals surface area contributed by atoms with Gasteiger partial charge in [0.05, 0.1) is 12.1 Å². The van der Waals surface area contributed by atoms with E-state index in [1.54, 1.807) is 18.4 Å². The van der Waals surface area contributed by atoms with Gasteiger partial charge in [-0.05, 0) is 24.3 Å². The van der Waals surface area contributed by atoms with Crippen LogP contribution in [0.15, 0.2) is 39.5 Å². The van der Waals surface area contributed by atoms with Crippen LogP contribution in [0.2, 0.25) is 5.02 Å². The van der Waals surface area contributed by atoms with Crippen molar-refractivity contribution in [1.82, 2.24) is 15.1 Å². The Morgan fingerprint density at radius 2 is 2.00 bits per heavy atom. The van der Waals surface area contributed by atoms with E-state index in [1.807, 2.05) is 12.1 Å². The highest BCUT2D eigenvalue weighted by Crippen LogP contribution is 2.21. The molecule has 3 rings (SSSR count). The zero-order valence-electron chi connectivity index (χ0n) is 11.6. The fourth-order valence-electron chi connectivity index (χ4n) is 1.92. The molecule has 2 aromatic heterocycles. The molecule has 0 N–H and O–H groups in total. The molecule has 0 atom stereocenters. The third kappa shape index (κ3) is 3.35. The summed E-state index contributed by atoms with van der Waals surface area (Å²) in [6, 6.07) is 7.28. The maximum atomic E-state index is 5.86. The van der Waals surface area contributed by atoms with Crippen LogP contribution in [0.5, 0.6) is 0 Å². The largest absolute Gasteiger partial charge is 0.444 e. The van der Waals surface area contributed by atoms with E-state index >= 15 is 0 Å². The first-order chi connectivity index (χ1) is 10.7. The number of rotatable bonds is 5. The second kappa shape index (κ2) is 6.46. The van der Waals surface area contributed by atoms with Crippen molar-refractivity contribution >= 4 is 11.6 Å². The predicted molar refractivity (Wildman–Crippen MR) is 81.2 cm³/mol. The lowest BCUT2D eigenvalue weighted by molar-refractivity contribution is 0.378. The Morgan fingerprint density at radius 1 is 1.18 bits per heavy atom. The van der Waals surface area contributed by atoms with Crippen molar-refractivity contribution in [1.29, 1.82) is 0 Å². The number of hydrogen-bond donors (Lipinski definition) is 0. The summed E-state index contributed by atoms with van der Waals surface area (Å²) in [5.74, 6) is 4.16. The van der Waals surface area contributed by atoms with Crippen LogP contribution in [0.1, 0.15) is 23.8 Å². The zero-order chi connectivity index (χ0) is 15.4. The maximum absolute atomic E-state index is 5.86. The molecule has 0 amide bonds. The van der Waals surface area contributed by atoms with Gasteiger partial charge in [-0.1, -0.05) is 16.8 Å². The van der Waals surface area contributed by atoms with Crippen LogP contribution in [0.25, 0.3) is 11.5 Å². The van der Waals surface area contributed by atoms with E-state index in [-0.39, 0.29) is 0 Å². The lowest BCUT2D eigenvalue weighted by Crippen LogP contribution is -1.91. The highest BCUT2D eigenvalue weighted by molar-refractivity contribution is 6.30. The lowest BCUT2D eigenvalue weighted by atomic mass is 10.2. The van der Waals surface area contributed by atoms with Gasteiger partial charge in [-0.15, -0.1) is 12.3 Å². The van der Waals surface area contributed by atoms with Crippen molar-refractivity contribution in [2.45, 2.75) is 19.3 Å². The van der Waals surface area contributed by atoms with Crippen molar-refractivity contribution in [3.63, 3.8) is 0 Å². The second-order valence-corrected chi connectivity index (χ2v) is 5.07. The Bertz CT molecular complexity index is 799. The van der Waals surface area contributed by atoms with Gasteiger partial charge in [-0.2, -0.15) is 4.98 Å². The van der Waals surface area contributed by atoms with E-state index in [4.69, 9.17) is 27.0 Å². The standard InChI is InChI=1S/C16H12ClN3O2/c1-2-3-4-14-19-15(22-20-14)9-13-10-21-16(18-13)11-5-7-12(17)8-6-11/h1,5-8,10H,3-4,9H2. The Morgan fingerprint density at radius 3 is 2.77 bits per heavy atom. The summed E-state index contributed by atoms with van der Waals surface area (Å²) in [5, 5.41) is 4.54. The van der Waals surface area contributed by atoms with E-state index in [9.17, 15) is 0 Å². The van der Waals surface area contributed by atoms with E-state index < -0.39 is 0 Å². The summed E-state index contributed by atoms with van der Waals surface area (Å²) in [4.78, 5) is 8.67. The molecule has 0 aliphatic heterocycles. The second-order valence-electron chi connectivity index (χ2n) is 4.64. The van der Waals surface area contributed by atoms with E-state index in [1.165, 1.54) is 0 Å². The summed E-state index contributed by atoms with van der Waals surface area (Å²) in [7, 11) is 0. The maximum Gasteiger partial charge on any atom is 0.232 e. The van der Waals surface area contributed by atoms with E-state index in [0.29, 0.717) is 41.9 Å². The normalized spacial score (nSPS) is 10.5. The quantitative estimate of drug-likeness (QED) is 0.674. The van der Waals surface area contributed by atoms with Crippen molar-refractivity contribution in [2.75, 3.05) is 0 Å². The van der Waals surface area contributed by atoms with Gasteiger partial charge in [-0.25, -0.2) is 4.98 Å². The highest BCUT2D eigenvalue weighted by atomic mass is 35.5. The van der Waals surface area contributed by atoms with Crippen molar-refractivity contribution in [3.05, 3.63) is 53.0 Å². The molecule has 1 aromatic carbocycles. The van der Waals surface area contributed by atoms with E-state index in [0.717, 1.165) is 11.3 Å². The van der Waals surface area contributed by atoms with Crippen LogP contribution < -0.4 is 0 Å². The van der Waals surface area contributed by atoms with Crippen LogP contribution >= 0.6 is 11.6 Å². The number of hydrogen-bond acceptors (Lipinski definition) is 5. The van der Waals surface area contributed by atoms with Gasteiger partial charge in [0.15, 0.2) is 5.82 Å². The molecule has 2 heterocycles. The minimum Gasteiger partial charge on any atom is -0.444 e. The Kier molecular flexibility index (Phi) is 4.22. The molecule has 0 aliphatic rings. The summed E-state index contributed by atoms with van der Waals surface area (Å²) < 4.78 is 10.6. The molecule has 3 aromatic rings. The topological polar surface area (TPSA) is 65.0 Å². The number of oxazole rings is 1. The average molecular weight is 314 g/mol. The third-order valence-electron chi connectivity index (χ3n) is 2.98. The molecule has 0 bridgehead atoms. The number of benzene rings is 1. The smallest absolute Gasteiger partial charge is 0.232 e. The molecule has 0 fully saturated rings. The van der Waals surface area contributed by atoms with Crippen LogP contribution in [-0.2, 0) is 12.8 Å². The summed E-state index contributed by atoms with van der Waals surface area (Å²) in [6.07, 6.45) is 8.40. The molecular weight excluding hydrogens is 302 g/mol. The highest BCUT2D eigenvalue weighted by Gasteiger charge is 2.11. The number of nitrogens with zero attached hydrogens (tertiary/aromatic N) is 3. The molecule has 0 saturated heterocycles. The van der Waals surface area contributed by atoms with Gasteiger partial charge in [-0.3, -0.25) is 0 Å². The van der Waals surface area contributed by atoms with Crippen molar-refractivity contribution < 1.29 is 8.94 Å². The lowest BCUT2D eigenvalue weighted by Gasteiger charge is -1.94. The molecule has 0 radical (unpaired) electrons. The van der Waals surface area contributed by atoms with Gasteiger partial charge in [0, 0.05) is 23.4 Å². The fourth-order valence-corrected chi connectivity index (χ4v) is 2.04. The average Bonchev–Trinajstić information content (AvgIpc) is 3.16. The number of halogens is 1. The van der Waals surface area contributed by atoms with Crippen LogP contribution in [0.3, 0.4) is 0 Å². The number of terminal acetylenes is 1. The SMILES string of the molecule is C#CCCc1noc(Cc2coc(-c3ccc(Cl)cc3)n2)n1. The first-order valence-electron chi connectivity index (χ1n) is 6.70. The summed E-state index contributed by atoms with van der Waals surface area (Å²) >= 11 is 5.86. The molecular formula is C16H12ClN3O2. The Balaban J connectivity index is 1.70. The summed E-state index contributed by atoms with van der Waals surface area (Å²) in [6.45, 7) is 0. The molecule has 6 heteroatoms. The molecule has 110 valence electrons. The predicted octanol–water partition coefficient (Wildman–Crippen LogP) is 3.53. The van der Waals surface area contributed by atoms with Crippen LogP contribution in [0.4, 0.5) is 0 Å². The molecule has 5 nitrogen and oxygen atoms in total. The van der Waals surface area contributed by atoms with Crippen LogP contribution in [-0.4, -0.2) is 15.1 Å². The van der Waals surface area contributed by atoms with Crippen molar-refractivity contribution in [2.24, 2.45) is 0 Å². The third-order valence-corrected chi connectivity index (χ3v) is 3.23. The molecule has 0 aliphatic carbocycles. The van der Waals surface area contributed by atoms with Gasteiger partial charge in [0.2, 0.25) is 11.8 Å².